The highest BCUT2D eigenvalue weighted by molar-refractivity contribution is 7.12. The minimum absolute atomic E-state index is 0.214. The first-order chi connectivity index (χ1) is 16.5. The van der Waals surface area contributed by atoms with Crippen LogP contribution in [0, 0.1) is 6.92 Å². The molecule has 3 N–H and O–H groups in total. The first-order valence-corrected chi connectivity index (χ1v) is 11.4. The van der Waals surface area contributed by atoms with Crippen molar-refractivity contribution in [2.45, 2.75) is 12.8 Å². The number of carbonyl (C=O) groups excluding carboxylic acids is 3. The molecule has 0 aliphatic carbocycles. The summed E-state index contributed by atoms with van der Waals surface area (Å²) >= 11 is 1.34. The molecule has 0 spiro atoms. The Morgan fingerprint density at radius 1 is 1.09 bits per heavy atom. The molecule has 0 fully saturated rings. The van der Waals surface area contributed by atoms with Gasteiger partial charge in [0.2, 0.25) is 5.91 Å². The van der Waals surface area contributed by atoms with E-state index in [1.165, 1.54) is 11.3 Å². The maximum absolute atomic E-state index is 13.1. The van der Waals surface area contributed by atoms with Crippen LogP contribution in [0.5, 0.6) is 0 Å². The number of amides is 2. The van der Waals surface area contributed by atoms with Crippen LogP contribution in [0.3, 0.4) is 0 Å². The van der Waals surface area contributed by atoms with E-state index in [0.29, 0.717) is 33.2 Å². The lowest BCUT2D eigenvalue weighted by Gasteiger charge is -2.08. The Morgan fingerprint density at radius 3 is 2.71 bits per heavy atom. The molecule has 2 aromatic carbocycles. The molecule has 2 aromatic heterocycles. The third-order valence-corrected chi connectivity index (χ3v) is 6.24. The van der Waals surface area contributed by atoms with Crippen LogP contribution in [0.4, 0.5) is 17.2 Å². The van der Waals surface area contributed by atoms with Crippen molar-refractivity contribution in [1.29, 1.82) is 0 Å². The lowest BCUT2D eigenvalue weighted by molar-refractivity contribution is -0.115. The molecule has 4 aromatic rings. The molecule has 0 radical (unpaired) electrons. The number of benzene rings is 2. The molecule has 34 heavy (non-hydrogen) atoms. The fraction of sp³-hybridized carbons (Fsp3) is 0.0800. The predicted molar refractivity (Wildman–Crippen MR) is 131 cm³/mol. The van der Waals surface area contributed by atoms with Crippen molar-refractivity contribution in [1.82, 2.24) is 10.2 Å². The minimum Gasteiger partial charge on any atom is -0.325 e. The van der Waals surface area contributed by atoms with Gasteiger partial charge in [-0.3, -0.25) is 19.5 Å². The van der Waals surface area contributed by atoms with E-state index >= 15 is 0 Å². The lowest BCUT2D eigenvalue weighted by Crippen LogP contribution is -2.12. The normalized spacial score (nSPS) is 14.7. The molecule has 2 amide bonds. The van der Waals surface area contributed by atoms with Crippen LogP contribution in [0.2, 0.25) is 0 Å². The van der Waals surface area contributed by atoms with Crippen molar-refractivity contribution in [3.05, 3.63) is 93.3 Å². The zero-order chi connectivity index (χ0) is 23.7. The Bertz CT molecular complexity index is 1440. The average Bonchev–Trinajstić information content (AvgIpc) is 3.57. The number of aromatic nitrogens is 2. The Kier molecular flexibility index (Phi) is 5.60. The summed E-state index contributed by atoms with van der Waals surface area (Å²) in [6, 6.07) is 17.2. The van der Waals surface area contributed by atoms with Crippen LogP contribution in [0.15, 0.2) is 71.0 Å². The number of anilines is 2. The van der Waals surface area contributed by atoms with E-state index in [1.54, 1.807) is 66.9 Å². The summed E-state index contributed by atoms with van der Waals surface area (Å²) in [6.07, 6.45) is 1.55. The van der Waals surface area contributed by atoms with Crippen molar-refractivity contribution in [2.24, 2.45) is 4.99 Å². The van der Waals surface area contributed by atoms with Crippen LogP contribution in [-0.2, 0) is 4.79 Å². The first kappa shape index (κ1) is 21.5. The van der Waals surface area contributed by atoms with Gasteiger partial charge in [-0.15, -0.1) is 11.3 Å². The average molecular weight is 470 g/mol. The van der Waals surface area contributed by atoms with Gasteiger partial charge in [-0.2, -0.15) is 5.10 Å². The monoisotopic (exact) mass is 469 g/mol. The van der Waals surface area contributed by atoms with E-state index in [4.69, 9.17) is 0 Å². The second-order valence-electron chi connectivity index (χ2n) is 7.80. The third kappa shape index (κ3) is 4.28. The van der Waals surface area contributed by atoms with Crippen molar-refractivity contribution in [3.63, 3.8) is 0 Å². The van der Waals surface area contributed by atoms with Gasteiger partial charge in [-0.25, -0.2) is 4.99 Å². The van der Waals surface area contributed by atoms with E-state index in [0.717, 1.165) is 11.3 Å². The van der Waals surface area contributed by atoms with Gasteiger partial charge in [-0.05, 0) is 42.1 Å². The number of rotatable bonds is 6. The minimum atomic E-state index is -0.563. The summed E-state index contributed by atoms with van der Waals surface area (Å²) in [5, 5.41) is 14.3. The number of ketones is 1. The van der Waals surface area contributed by atoms with Crippen LogP contribution >= 0.6 is 11.3 Å². The maximum Gasteiger partial charge on any atom is 0.265 e. The number of aromatic amines is 1. The lowest BCUT2D eigenvalue weighted by atomic mass is 9.97. The molecule has 8 nitrogen and oxygen atoms in total. The second-order valence-corrected chi connectivity index (χ2v) is 8.75. The van der Waals surface area contributed by atoms with Gasteiger partial charge in [0, 0.05) is 40.5 Å². The molecule has 0 saturated carbocycles. The SMILES string of the molecule is Cc1cc(N=CC2C(=O)Nc3cc(C(=O)c4cccc(NC(=O)c5cccs5)c4)ccc32)n[nH]1. The molecule has 5 rings (SSSR count). The summed E-state index contributed by atoms with van der Waals surface area (Å²) in [5.74, 6) is -0.719. The third-order valence-electron chi connectivity index (χ3n) is 5.37. The Hall–Kier alpha value is -4.37. The number of fused-ring (bicyclic) bond motifs is 1. The number of carbonyl (C=O) groups is 3. The molecule has 3 heterocycles. The van der Waals surface area contributed by atoms with Crippen molar-refractivity contribution < 1.29 is 14.4 Å². The van der Waals surface area contributed by atoms with Gasteiger partial charge in [0.25, 0.3) is 5.91 Å². The highest BCUT2D eigenvalue weighted by atomic mass is 32.1. The Balaban J connectivity index is 1.35. The van der Waals surface area contributed by atoms with Gasteiger partial charge in [0.1, 0.15) is 5.92 Å². The molecule has 1 aliphatic heterocycles. The summed E-state index contributed by atoms with van der Waals surface area (Å²) in [7, 11) is 0. The molecule has 1 atom stereocenters. The van der Waals surface area contributed by atoms with E-state index < -0.39 is 5.92 Å². The standard InChI is InChI=1S/C25H19N5O3S/c1-14-10-22(30-29-14)26-13-19-18-8-7-16(12-20(18)28-24(19)32)23(31)15-4-2-5-17(11-15)27-25(33)21-6-3-9-34-21/h2-13,19H,1H3,(H,27,33)(H,28,32)(H,29,30). The number of nitrogens with zero attached hydrogens (tertiary/aromatic N) is 2. The fourth-order valence-electron chi connectivity index (χ4n) is 3.70. The van der Waals surface area contributed by atoms with Crippen LogP contribution in [0.25, 0.3) is 0 Å². The summed E-state index contributed by atoms with van der Waals surface area (Å²) < 4.78 is 0. The van der Waals surface area contributed by atoms with E-state index in [1.807, 2.05) is 12.3 Å². The zero-order valence-electron chi connectivity index (χ0n) is 18.0. The molecule has 1 unspecified atom stereocenters. The molecule has 0 saturated heterocycles. The van der Waals surface area contributed by atoms with E-state index in [-0.39, 0.29) is 17.6 Å². The van der Waals surface area contributed by atoms with Gasteiger partial charge < -0.3 is 10.6 Å². The molecule has 168 valence electrons. The molecular formula is C25H19N5O3S. The first-order valence-electron chi connectivity index (χ1n) is 10.5. The molecule has 1 aliphatic rings. The fourth-order valence-corrected chi connectivity index (χ4v) is 4.32. The van der Waals surface area contributed by atoms with Crippen molar-refractivity contribution in [3.8, 4) is 0 Å². The van der Waals surface area contributed by atoms with Crippen LogP contribution < -0.4 is 10.6 Å². The summed E-state index contributed by atoms with van der Waals surface area (Å²) in [5.41, 5.74) is 3.59. The van der Waals surface area contributed by atoms with Crippen molar-refractivity contribution >= 4 is 52.3 Å². The highest BCUT2D eigenvalue weighted by Gasteiger charge is 2.30. The Morgan fingerprint density at radius 2 is 1.94 bits per heavy atom. The van der Waals surface area contributed by atoms with Crippen LogP contribution in [-0.4, -0.2) is 34.0 Å². The van der Waals surface area contributed by atoms with Crippen molar-refractivity contribution in [2.75, 3.05) is 10.6 Å². The number of aliphatic imine (C=N–C) groups is 1. The number of aryl methyl sites for hydroxylation is 1. The topological polar surface area (TPSA) is 116 Å². The summed E-state index contributed by atoms with van der Waals surface area (Å²) in [6.45, 7) is 1.87. The zero-order valence-corrected chi connectivity index (χ0v) is 18.8. The maximum atomic E-state index is 13.1. The Labute approximate surface area is 198 Å². The smallest absolute Gasteiger partial charge is 0.265 e. The van der Waals surface area contributed by atoms with Gasteiger partial charge in [0.15, 0.2) is 11.6 Å². The van der Waals surface area contributed by atoms with E-state index in [2.05, 4.69) is 25.8 Å². The van der Waals surface area contributed by atoms with Gasteiger partial charge >= 0.3 is 0 Å². The predicted octanol–water partition coefficient (Wildman–Crippen LogP) is 4.70. The highest BCUT2D eigenvalue weighted by Crippen LogP contribution is 2.33. The molecule has 0 bridgehead atoms. The number of nitrogens with one attached hydrogen (secondary N) is 3. The quantitative estimate of drug-likeness (QED) is 0.280. The molecule has 9 heteroatoms. The van der Waals surface area contributed by atoms with Gasteiger partial charge in [0.05, 0.1) is 4.88 Å². The number of hydrogen-bond acceptors (Lipinski definition) is 6. The number of thiophene rings is 1. The number of H-pyrrole nitrogens is 1. The second kappa shape index (κ2) is 8.87. The van der Waals surface area contributed by atoms with Gasteiger partial charge in [-0.1, -0.05) is 30.3 Å². The van der Waals surface area contributed by atoms with E-state index in [9.17, 15) is 14.4 Å². The number of hydrogen-bond donors (Lipinski definition) is 3. The largest absolute Gasteiger partial charge is 0.325 e. The van der Waals surface area contributed by atoms with Crippen LogP contribution in [0.1, 0.15) is 42.8 Å². The summed E-state index contributed by atoms with van der Waals surface area (Å²) in [4.78, 5) is 42.8. The molecular weight excluding hydrogens is 450 g/mol.